The highest BCUT2D eigenvalue weighted by Crippen LogP contribution is 2.34. The van der Waals surface area contributed by atoms with E-state index in [4.69, 9.17) is 25.7 Å². The average Bonchev–Trinajstić information content (AvgIpc) is 2.85. The summed E-state index contributed by atoms with van der Waals surface area (Å²) in [5.74, 6) is -2.47. The van der Waals surface area contributed by atoms with E-state index in [2.05, 4.69) is 0 Å². The van der Waals surface area contributed by atoms with E-state index in [1.165, 1.54) is 36.4 Å². The number of nitrogen functional groups attached to an aromatic ring is 2. The van der Waals surface area contributed by atoms with Gasteiger partial charge in [-0.25, -0.2) is 9.18 Å². The first-order chi connectivity index (χ1) is 18.8. The molecule has 12 heteroatoms. The average molecular weight is 569 g/mol. The third-order valence-corrected chi connectivity index (χ3v) is 5.34. The van der Waals surface area contributed by atoms with Crippen molar-refractivity contribution in [3.63, 3.8) is 0 Å². The fourth-order valence-electron chi connectivity index (χ4n) is 3.48. The molecule has 0 bridgehead atoms. The van der Waals surface area contributed by atoms with Gasteiger partial charge in [0.2, 0.25) is 0 Å². The number of ether oxygens (including phenoxy) is 3. The Kier molecular flexibility index (Phi) is 9.92. The van der Waals surface area contributed by atoms with Gasteiger partial charge in [0.1, 0.15) is 5.75 Å². The minimum Gasteiger partial charge on any atom is -0.491 e. The number of carbonyl (C=O) groups excluding carboxylic acids is 1. The molecule has 214 valence electrons. The highest BCUT2D eigenvalue weighted by molar-refractivity contribution is 5.87. The van der Waals surface area contributed by atoms with Gasteiger partial charge in [-0.3, -0.25) is 0 Å². The maximum atomic E-state index is 14.6. The maximum absolute atomic E-state index is 14.6. The van der Waals surface area contributed by atoms with Crippen LogP contribution in [-0.2, 0) is 22.1 Å². The normalized spacial score (nSPS) is 11.9. The minimum absolute atomic E-state index is 0.0969. The molecule has 0 aliphatic carbocycles. The summed E-state index contributed by atoms with van der Waals surface area (Å²) in [6, 6.07) is 12.6. The summed E-state index contributed by atoms with van der Waals surface area (Å²) in [6.07, 6.45) is -6.81. The molecule has 4 N–H and O–H groups in total. The van der Waals surface area contributed by atoms with Crippen molar-refractivity contribution in [3.8, 4) is 11.5 Å². The Morgan fingerprint density at radius 1 is 0.875 bits per heavy atom. The van der Waals surface area contributed by atoms with Gasteiger partial charge in [0, 0.05) is 30.3 Å². The van der Waals surface area contributed by atoms with Gasteiger partial charge in [0.15, 0.2) is 11.6 Å². The van der Waals surface area contributed by atoms with Crippen LogP contribution in [0.15, 0.2) is 66.7 Å². The van der Waals surface area contributed by atoms with E-state index >= 15 is 0 Å². The zero-order valence-electron chi connectivity index (χ0n) is 21.0. The van der Waals surface area contributed by atoms with Crippen LogP contribution in [0.25, 0.3) is 6.08 Å². The summed E-state index contributed by atoms with van der Waals surface area (Å²) in [4.78, 5) is 11.9. The van der Waals surface area contributed by atoms with Crippen LogP contribution in [0.4, 0.5) is 37.7 Å². The van der Waals surface area contributed by atoms with E-state index < -0.39 is 54.8 Å². The monoisotopic (exact) mass is 568 g/mol. The maximum Gasteiger partial charge on any atom is 0.426 e. The third kappa shape index (κ3) is 9.75. The van der Waals surface area contributed by atoms with Gasteiger partial charge in [-0.05, 0) is 72.2 Å². The molecule has 0 saturated carbocycles. The first-order valence-electron chi connectivity index (χ1n) is 12.0. The molecule has 0 amide bonds. The Morgan fingerprint density at radius 2 is 1.55 bits per heavy atom. The van der Waals surface area contributed by atoms with Crippen molar-refractivity contribution < 1.29 is 45.3 Å². The number of alkyl halides is 5. The summed E-state index contributed by atoms with van der Waals surface area (Å²) >= 11 is 0. The van der Waals surface area contributed by atoms with Gasteiger partial charge in [0.25, 0.3) is 0 Å². The standard InChI is InChI=1S/C28H26F6N2O4/c29-24-16-20(5-8-25(24)38-12-1-11-27(30,31)32)28(33,34)40-23-6-2-18(3-7-23)4-9-26(37)39-13-10-19-14-21(35)17-22(36)15-19/h2-9,14-17H,1,10-13,35-36H2/b9-4+. The van der Waals surface area contributed by atoms with E-state index in [1.54, 1.807) is 18.2 Å². The fraction of sp³-hybridized carbons (Fsp3) is 0.250. The molecule has 0 aliphatic heterocycles. The number of nitrogens with two attached hydrogens (primary N) is 2. The van der Waals surface area contributed by atoms with Gasteiger partial charge < -0.3 is 25.7 Å². The van der Waals surface area contributed by atoms with Crippen molar-refractivity contribution in [2.75, 3.05) is 24.7 Å². The van der Waals surface area contributed by atoms with Crippen LogP contribution in [0.2, 0.25) is 0 Å². The molecular weight excluding hydrogens is 542 g/mol. The number of halogens is 6. The van der Waals surface area contributed by atoms with E-state index in [0.29, 0.717) is 29.4 Å². The number of anilines is 2. The highest BCUT2D eigenvalue weighted by atomic mass is 19.4. The summed E-state index contributed by atoms with van der Waals surface area (Å²) in [7, 11) is 0. The highest BCUT2D eigenvalue weighted by Gasteiger charge is 2.35. The molecule has 0 heterocycles. The van der Waals surface area contributed by atoms with Crippen molar-refractivity contribution >= 4 is 23.4 Å². The molecule has 3 aromatic rings. The van der Waals surface area contributed by atoms with Crippen LogP contribution in [0.1, 0.15) is 29.5 Å². The number of hydrogen-bond acceptors (Lipinski definition) is 6. The largest absolute Gasteiger partial charge is 0.491 e. The third-order valence-electron chi connectivity index (χ3n) is 5.34. The van der Waals surface area contributed by atoms with Crippen LogP contribution in [0.3, 0.4) is 0 Å². The smallest absolute Gasteiger partial charge is 0.426 e. The predicted molar refractivity (Wildman–Crippen MR) is 137 cm³/mol. The quantitative estimate of drug-likeness (QED) is 0.0836. The molecule has 0 fully saturated rings. The van der Waals surface area contributed by atoms with Crippen LogP contribution < -0.4 is 20.9 Å². The Morgan fingerprint density at radius 3 is 2.17 bits per heavy atom. The topological polar surface area (TPSA) is 96.8 Å². The molecule has 6 nitrogen and oxygen atoms in total. The lowest BCUT2D eigenvalue weighted by atomic mass is 10.1. The fourth-order valence-corrected chi connectivity index (χ4v) is 3.48. The van der Waals surface area contributed by atoms with Crippen molar-refractivity contribution in [2.45, 2.75) is 31.5 Å². The van der Waals surface area contributed by atoms with Crippen molar-refractivity contribution in [1.82, 2.24) is 0 Å². The number of carbonyl (C=O) groups is 1. The van der Waals surface area contributed by atoms with Crippen molar-refractivity contribution in [2.24, 2.45) is 0 Å². The van der Waals surface area contributed by atoms with Gasteiger partial charge >= 0.3 is 18.3 Å². The van der Waals surface area contributed by atoms with Crippen LogP contribution in [0, 0.1) is 5.82 Å². The van der Waals surface area contributed by atoms with E-state index in [1.807, 2.05) is 0 Å². The second-order valence-electron chi connectivity index (χ2n) is 8.66. The zero-order valence-corrected chi connectivity index (χ0v) is 21.0. The summed E-state index contributed by atoms with van der Waals surface area (Å²) < 4.78 is 94.6. The second-order valence-corrected chi connectivity index (χ2v) is 8.66. The summed E-state index contributed by atoms with van der Waals surface area (Å²) in [6.45, 7) is -0.334. The molecule has 0 aliphatic rings. The SMILES string of the molecule is Nc1cc(N)cc(CCOC(=O)/C=C/c2ccc(OC(F)(F)c3ccc(OCCCC(F)(F)F)c(F)c3)cc2)c1. The molecule has 40 heavy (non-hydrogen) atoms. The molecule has 0 saturated heterocycles. The van der Waals surface area contributed by atoms with Crippen LogP contribution in [-0.4, -0.2) is 25.4 Å². The van der Waals surface area contributed by atoms with E-state index in [0.717, 1.165) is 17.7 Å². The molecule has 0 unspecified atom stereocenters. The van der Waals surface area contributed by atoms with Gasteiger partial charge in [-0.2, -0.15) is 22.0 Å². The minimum atomic E-state index is -4.37. The lowest BCUT2D eigenvalue weighted by Gasteiger charge is -2.19. The number of esters is 1. The Hall–Kier alpha value is -4.35. The van der Waals surface area contributed by atoms with Gasteiger partial charge in [-0.15, -0.1) is 0 Å². The van der Waals surface area contributed by atoms with Crippen molar-refractivity contribution in [1.29, 1.82) is 0 Å². The van der Waals surface area contributed by atoms with Gasteiger partial charge in [0.05, 0.1) is 18.8 Å². The zero-order chi connectivity index (χ0) is 29.3. The van der Waals surface area contributed by atoms with Crippen LogP contribution >= 0.6 is 0 Å². The first-order valence-corrected chi connectivity index (χ1v) is 12.0. The predicted octanol–water partition coefficient (Wildman–Crippen LogP) is 6.64. The summed E-state index contributed by atoms with van der Waals surface area (Å²) in [5, 5.41) is 0. The molecule has 0 spiro atoms. The number of hydrogen-bond donors (Lipinski definition) is 2. The first kappa shape index (κ1) is 30.2. The molecule has 0 radical (unpaired) electrons. The Bertz CT molecular complexity index is 1310. The lowest BCUT2D eigenvalue weighted by Crippen LogP contribution is -2.22. The summed E-state index contributed by atoms with van der Waals surface area (Å²) in [5.41, 5.74) is 12.9. The van der Waals surface area contributed by atoms with E-state index in [-0.39, 0.29) is 12.4 Å². The van der Waals surface area contributed by atoms with Crippen molar-refractivity contribution in [3.05, 3.63) is 89.2 Å². The van der Waals surface area contributed by atoms with E-state index in [9.17, 15) is 31.1 Å². The second kappa shape index (κ2) is 13.1. The number of benzene rings is 3. The molecule has 0 aromatic heterocycles. The van der Waals surface area contributed by atoms with Crippen LogP contribution in [0.5, 0.6) is 11.5 Å². The lowest BCUT2D eigenvalue weighted by molar-refractivity contribution is -0.185. The molecule has 3 rings (SSSR count). The molecule has 3 aromatic carbocycles. The Labute approximate surface area is 226 Å². The molecule has 0 atom stereocenters. The molecular formula is C28H26F6N2O4. The van der Waals surface area contributed by atoms with Gasteiger partial charge in [-0.1, -0.05) is 12.1 Å². The number of rotatable bonds is 12. The Balaban J connectivity index is 1.50.